The lowest BCUT2D eigenvalue weighted by molar-refractivity contribution is -0.118. The van der Waals surface area contributed by atoms with Crippen LogP contribution in [0.1, 0.15) is 11.1 Å². The van der Waals surface area contributed by atoms with Crippen LogP contribution in [0.15, 0.2) is 42.6 Å². The molecule has 1 amide bonds. The van der Waals surface area contributed by atoms with E-state index in [9.17, 15) is 4.79 Å². The minimum Gasteiger partial charge on any atom is -0.322 e. The third-order valence-corrected chi connectivity index (χ3v) is 3.72. The molecule has 0 spiro atoms. The van der Waals surface area contributed by atoms with Gasteiger partial charge in [-0.05, 0) is 29.7 Å². The molecular weight excluding hydrogens is 274 g/mol. The monoisotopic (exact) mass is 287 g/mol. The number of hydrogen-bond donors (Lipinski definition) is 2. The summed E-state index contributed by atoms with van der Waals surface area (Å²) in [4.78, 5) is 16.2. The van der Waals surface area contributed by atoms with E-state index in [0.717, 1.165) is 0 Å². The number of anilines is 1. The molecule has 1 aromatic heterocycles. The summed E-state index contributed by atoms with van der Waals surface area (Å²) in [5.41, 5.74) is 3.00. The van der Waals surface area contributed by atoms with Crippen LogP contribution in [0.2, 0.25) is 5.15 Å². The van der Waals surface area contributed by atoms with Crippen LogP contribution in [0.4, 0.5) is 5.69 Å². The highest BCUT2D eigenvalue weighted by atomic mass is 35.5. The van der Waals surface area contributed by atoms with Crippen LogP contribution < -0.4 is 10.6 Å². The number of aromatic nitrogens is 1. The molecule has 2 aromatic rings. The van der Waals surface area contributed by atoms with Gasteiger partial charge in [-0.1, -0.05) is 35.9 Å². The summed E-state index contributed by atoms with van der Waals surface area (Å²) in [6.07, 6.45) is 2.27. The van der Waals surface area contributed by atoms with Crippen LogP contribution in [-0.2, 0) is 17.8 Å². The van der Waals surface area contributed by atoms with Gasteiger partial charge in [0.1, 0.15) is 0 Å². The summed E-state index contributed by atoms with van der Waals surface area (Å²) in [5, 5.41) is 6.36. The standard InChI is InChI=1S/C15H14ClN3O/c16-14-12(6-3-7-17-14)19-15(20)13-8-10-4-1-2-5-11(10)9-18-13/h1-7,13,18H,8-9H2,(H,19,20)/t13-/m0/s1. The second-order valence-corrected chi connectivity index (χ2v) is 5.10. The van der Waals surface area contributed by atoms with Crippen molar-refractivity contribution >= 4 is 23.2 Å². The van der Waals surface area contributed by atoms with Gasteiger partial charge in [0.2, 0.25) is 5.91 Å². The van der Waals surface area contributed by atoms with Crippen molar-refractivity contribution in [2.75, 3.05) is 5.32 Å². The molecule has 1 aliphatic rings. The SMILES string of the molecule is O=C(Nc1cccnc1Cl)[C@@H]1Cc2ccccc2CN1. The quantitative estimate of drug-likeness (QED) is 0.834. The lowest BCUT2D eigenvalue weighted by atomic mass is 9.95. The van der Waals surface area contributed by atoms with E-state index in [1.807, 2.05) is 12.1 Å². The van der Waals surface area contributed by atoms with Crippen molar-refractivity contribution in [2.45, 2.75) is 19.0 Å². The maximum absolute atomic E-state index is 12.3. The Bertz CT molecular complexity index is 645. The molecule has 3 rings (SSSR count). The molecule has 0 radical (unpaired) electrons. The number of carbonyl (C=O) groups is 1. The van der Waals surface area contributed by atoms with Crippen molar-refractivity contribution < 1.29 is 4.79 Å². The minimum absolute atomic E-state index is 0.0885. The fraction of sp³-hybridized carbons (Fsp3) is 0.200. The highest BCUT2D eigenvalue weighted by Crippen LogP contribution is 2.20. The molecule has 5 heteroatoms. The van der Waals surface area contributed by atoms with E-state index >= 15 is 0 Å². The maximum Gasteiger partial charge on any atom is 0.241 e. The zero-order valence-corrected chi connectivity index (χ0v) is 11.5. The first-order valence-corrected chi connectivity index (χ1v) is 6.83. The number of rotatable bonds is 2. The number of fused-ring (bicyclic) bond motifs is 1. The van der Waals surface area contributed by atoms with Gasteiger partial charge < -0.3 is 10.6 Å². The van der Waals surface area contributed by atoms with Crippen LogP contribution in [-0.4, -0.2) is 16.9 Å². The van der Waals surface area contributed by atoms with E-state index in [4.69, 9.17) is 11.6 Å². The van der Waals surface area contributed by atoms with Crippen LogP contribution in [0.5, 0.6) is 0 Å². The van der Waals surface area contributed by atoms with Crippen molar-refractivity contribution in [3.63, 3.8) is 0 Å². The van der Waals surface area contributed by atoms with E-state index in [1.54, 1.807) is 18.3 Å². The molecular formula is C15H14ClN3O. The third kappa shape index (κ3) is 2.66. The zero-order valence-electron chi connectivity index (χ0n) is 10.8. The van der Waals surface area contributed by atoms with E-state index in [2.05, 4.69) is 27.8 Å². The average Bonchev–Trinajstić information content (AvgIpc) is 2.49. The molecule has 0 saturated heterocycles. The Morgan fingerprint density at radius 2 is 2.05 bits per heavy atom. The number of carbonyl (C=O) groups excluding carboxylic acids is 1. The number of halogens is 1. The summed E-state index contributed by atoms with van der Waals surface area (Å²) in [6.45, 7) is 0.703. The molecule has 0 saturated carbocycles. The Balaban J connectivity index is 1.72. The van der Waals surface area contributed by atoms with Gasteiger partial charge in [0.25, 0.3) is 0 Å². The van der Waals surface area contributed by atoms with Gasteiger partial charge in [-0.3, -0.25) is 4.79 Å². The maximum atomic E-state index is 12.3. The molecule has 1 aromatic carbocycles. The zero-order chi connectivity index (χ0) is 13.9. The van der Waals surface area contributed by atoms with E-state index < -0.39 is 0 Å². The van der Waals surface area contributed by atoms with Crippen LogP contribution in [0.25, 0.3) is 0 Å². The summed E-state index contributed by atoms with van der Waals surface area (Å²) >= 11 is 5.94. The van der Waals surface area contributed by atoms with Crippen molar-refractivity contribution in [1.82, 2.24) is 10.3 Å². The van der Waals surface area contributed by atoms with Gasteiger partial charge in [0, 0.05) is 12.7 Å². The van der Waals surface area contributed by atoms with Gasteiger partial charge in [-0.2, -0.15) is 0 Å². The molecule has 0 unspecified atom stereocenters. The first-order valence-electron chi connectivity index (χ1n) is 6.45. The minimum atomic E-state index is -0.249. The number of hydrogen-bond acceptors (Lipinski definition) is 3. The Morgan fingerprint density at radius 3 is 2.85 bits per heavy atom. The number of amides is 1. The van der Waals surface area contributed by atoms with Gasteiger partial charge >= 0.3 is 0 Å². The summed E-state index contributed by atoms with van der Waals surface area (Å²) in [6, 6.07) is 11.4. The third-order valence-electron chi connectivity index (χ3n) is 3.41. The molecule has 20 heavy (non-hydrogen) atoms. The topological polar surface area (TPSA) is 54.0 Å². The second kappa shape index (κ2) is 5.61. The van der Waals surface area contributed by atoms with Gasteiger partial charge in [0.05, 0.1) is 11.7 Å². The normalized spacial score (nSPS) is 17.4. The Morgan fingerprint density at radius 1 is 1.25 bits per heavy atom. The van der Waals surface area contributed by atoms with Crippen molar-refractivity contribution in [2.24, 2.45) is 0 Å². The van der Waals surface area contributed by atoms with Gasteiger partial charge in [-0.25, -0.2) is 4.98 Å². The number of nitrogens with one attached hydrogen (secondary N) is 2. The first-order chi connectivity index (χ1) is 9.74. The molecule has 0 bridgehead atoms. The van der Waals surface area contributed by atoms with E-state index in [0.29, 0.717) is 23.8 Å². The molecule has 2 heterocycles. The van der Waals surface area contributed by atoms with Crippen molar-refractivity contribution in [3.8, 4) is 0 Å². The van der Waals surface area contributed by atoms with Gasteiger partial charge in [-0.15, -0.1) is 0 Å². The molecule has 0 fully saturated rings. The molecule has 0 aliphatic carbocycles. The van der Waals surface area contributed by atoms with Crippen LogP contribution in [0, 0.1) is 0 Å². The molecule has 4 nitrogen and oxygen atoms in total. The van der Waals surface area contributed by atoms with Crippen molar-refractivity contribution in [3.05, 3.63) is 58.9 Å². The predicted molar refractivity (Wildman–Crippen MR) is 78.7 cm³/mol. The average molecular weight is 288 g/mol. The van der Waals surface area contributed by atoms with Crippen LogP contribution >= 0.6 is 11.6 Å². The fourth-order valence-corrected chi connectivity index (χ4v) is 2.51. The lowest BCUT2D eigenvalue weighted by Gasteiger charge is -2.25. The molecule has 102 valence electrons. The summed E-state index contributed by atoms with van der Waals surface area (Å²) in [5.74, 6) is -0.0885. The smallest absolute Gasteiger partial charge is 0.241 e. The second-order valence-electron chi connectivity index (χ2n) is 4.74. The van der Waals surface area contributed by atoms with Crippen molar-refractivity contribution in [1.29, 1.82) is 0 Å². The fourth-order valence-electron chi connectivity index (χ4n) is 2.34. The summed E-state index contributed by atoms with van der Waals surface area (Å²) in [7, 11) is 0. The number of nitrogens with zero attached hydrogens (tertiary/aromatic N) is 1. The van der Waals surface area contributed by atoms with Crippen LogP contribution in [0.3, 0.4) is 0 Å². The molecule has 1 aliphatic heterocycles. The Labute approximate surface area is 122 Å². The van der Waals surface area contributed by atoms with E-state index in [-0.39, 0.29) is 11.9 Å². The predicted octanol–water partition coefficient (Wildman–Crippen LogP) is 2.39. The molecule has 2 N–H and O–H groups in total. The Hall–Kier alpha value is -1.91. The molecule has 1 atom stereocenters. The highest BCUT2D eigenvalue weighted by Gasteiger charge is 2.24. The Kier molecular flexibility index (Phi) is 3.67. The largest absolute Gasteiger partial charge is 0.322 e. The number of pyridine rings is 1. The van der Waals surface area contributed by atoms with Gasteiger partial charge in [0.15, 0.2) is 5.15 Å². The first kappa shape index (κ1) is 13.1. The number of benzene rings is 1. The highest BCUT2D eigenvalue weighted by molar-refractivity contribution is 6.32. The van der Waals surface area contributed by atoms with E-state index in [1.165, 1.54) is 11.1 Å². The summed E-state index contributed by atoms with van der Waals surface area (Å²) < 4.78 is 0. The lowest BCUT2D eigenvalue weighted by Crippen LogP contribution is -2.44.